The number of hydrazine groups is 1. The number of nitrogens with zero attached hydrogens (tertiary/aromatic N) is 1. The van der Waals surface area contributed by atoms with Gasteiger partial charge in [-0.1, -0.05) is 43.0 Å². The molecular weight excluding hydrogens is 414 g/mol. The monoisotopic (exact) mass is 443 g/mol. The third-order valence-electron chi connectivity index (χ3n) is 6.45. The first-order valence-corrected chi connectivity index (χ1v) is 12.1. The predicted molar refractivity (Wildman–Crippen MR) is 136 cm³/mol. The van der Waals surface area contributed by atoms with Crippen LogP contribution in [0, 0.1) is 5.41 Å². The van der Waals surface area contributed by atoms with Crippen LogP contribution < -0.4 is 16.2 Å². The van der Waals surface area contributed by atoms with Gasteiger partial charge in [-0.3, -0.25) is 4.90 Å². The topological polar surface area (TPSA) is 63.2 Å². The third-order valence-corrected chi connectivity index (χ3v) is 7.57. The Labute approximate surface area is 194 Å². The SMILES string of the molecule is C=C1C=C(c2ccc(CN3CCC3)cc2)SCC2=C1NNC2c1ccc(C=N)c(NC)c1. The second-order valence-electron chi connectivity index (χ2n) is 8.49. The molecular formula is C26H29N5S. The van der Waals surface area contributed by atoms with Crippen LogP contribution in [0.5, 0.6) is 0 Å². The molecule has 6 heteroatoms. The normalized spacial score (nSPS) is 20.7. The van der Waals surface area contributed by atoms with E-state index in [1.54, 1.807) is 0 Å². The lowest BCUT2D eigenvalue weighted by Crippen LogP contribution is -2.36. The molecule has 32 heavy (non-hydrogen) atoms. The number of hydrogen-bond donors (Lipinski definition) is 4. The minimum Gasteiger partial charge on any atom is -0.388 e. The number of nitrogens with one attached hydrogen (secondary N) is 4. The molecule has 2 aromatic rings. The largest absolute Gasteiger partial charge is 0.388 e. The van der Waals surface area contributed by atoms with Gasteiger partial charge in [-0.2, -0.15) is 0 Å². The van der Waals surface area contributed by atoms with Gasteiger partial charge >= 0.3 is 0 Å². The molecule has 2 aromatic carbocycles. The minimum absolute atomic E-state index is 0.0767. The maximum atomic E-state index is 7.61. The van der Waals surface area contributed by atoms with Crippen LogP contribution in [0.1, 0.15) is 34.7 Å². The molecule has 1 atom stereocenters. The van der Waals surface area contributed by atoms with E-state index in [0.29, 0.717) is 0 Å². The van der Waals surface area contributed by atoms with Crippen LogP contribution in [-0.2, 0) is 6.54 Å². The van der Waals surface area contributed by atoms with Crippen LogP contribution >= 0.6 is 11.8 Å². The highest BCUT2D eigenvalue weighted by atomic mass is 32.2. The van der Waals surface area contributed by atoms with Crippen molar-refractivity contribution in [3.63, 3.8) is 0 Å². The zero-order chi connectivity index (χ0) is 22.1. The van der Waals surface area contributed by atoms with Crippen LogP contribution in [0.25, 0.3) is 4.91 Å². The third kappa shape index (κ3) is 4.01. The van der Waals surface area contributed by atoms with Crippen LogP contribution in [-0.4, -0.2) is 37.0 Å². The van der Waals surface area contributed by atoms with Gasteiger partial charge < -0.3 is 16.2 Å². The fourth-order valence-corrected chi connectivity index (χ4v) is 5.60. The fraction of sp³-hybridized carbons (Fsp3) is 0.269. The van der Waals surface area contributed by atoms with Crippen molar-refractivity contribution in [3.05, 3.63) is 94.2 Å². The number of thioether (sulfide) groups is 1. The molecule has 3 aliphatic heterocycles. The molecule has 0 spiro atoms. The number of likely N-dealkylation sites (tertiary alicyclic amines) is 1. The number of allylic oxidation sites excluding steroid dienone is 1. The molecule has 0 radical (unpaired) electrons. The smallest absolute Gasteiger partial charge is 0.0752 e. The quantitative estimate of drug-likeness (QED) is 0.489. The van der Waals surface area contributed by atoms with Crippen molar-refractivity contribution >= 4 is 28.6 Å². The predicted octanol–water partition coefficient (Wildman–Crippen LogP) is 4.68. The van der Waals surface area contributed by atoms with Crippen molar-refractivity contribution in [2.24, 2.45) is 0 Å². The lowest BCUT2D eigenvalue weighted by Gasteiger charge is -2.30. The zero-order valence-corrected chi connectivity index (χ0v) is 19.2. The molecule has 0 bridgehead atoms. The van der Waals surface area contributed by atoms with Crippen molar-refractivity contribution in [1.82, 2.24) is 15.8 Å². The molecule has 1 saturated heterocycles. The Morgan fingerprint density at radius 2 is 2.03 bits per heavy atom. The molecule has 4 N–H and O–H groups in total. The summed E-state index contributed by atoms with van der Waals surface area (Å²) >= 11 is 1.87. The average Bonchev–Trinajstić information content (AvgIpc) is 3.15. The Kier molecular flexibility index (Phi) is 5.91. The second kappa shape index (κ2) is 8.98. The zero-order valence-electron chi connectivity index (χ0n) is 18.4. The van der Waals surface area contributed by atoms with Gasteiger partial charge in [-0.15, -0.1) is 11.8 Å². The van der Waals surface area contributed by atoms with Crippen molar-refractivity contribution in [2.75, 3.05) is 31.2 Å². The van der Waals surface area contributed by atoms with E-state index in [0.717, 1.165) is 34.8 Å². The fourth-order valence-electron chi connectivity index (χ4n) is 4.45. The first kappa shape index (κ1) is 21.1. The summed E-state index contributed by atoms with van der Waals surface area (Å²) in [6, 6.07) is 15.3. The van der Waals surface area contributed by atoms with Crippen LogP contribution in [0.4, 0.5) is 5.69 Å². The summed E-state index contributed by atoms with van der Waals surface area (Å²) in [7, 11) is 1.89. The minimum atomic E-state index is 0.0767. The van der Waals surface area contributed by atoms with E-state index in [4.69, 9.17) is 5.41 Å². The summed E-state index contributed by atoms with van der Waals surface area (Å²) in [5.74, 6) is 0.890. The van der Waals surface area contributed by atoms with Crippen LogP contribution in [0.2, 0.25) is 0 Å². The van der Waals surface area contributed by atoms with E-state index in [-0.39, 0.29) is 6.04 Å². The highest BCUT2D eigenvalue weighted by Gasteiger charge is 2.30. The Hall–Kier alpha value is -2.80. The molecule has 0 aromatic heterocycles. The molecule has 5 rings (SSSR count). The standard InChI is InChI=1S/C26H29N5S/c1-17-12-24(19-6-4-18(5-7-19)15-31-10-3-11-31)32-16-22-25(17)29-30-26(22)20-8-9-21(14-27)23(13-20)28-2/h4-9,12-14,26-30H,1,3,10-11,15-16H2,2H3. The molecule has 5 nitrogen and oxygen atoms in total. The van der Waals surface area contributed by atoms with Crippen molar-refractivity contribution in [1.29, 1.82) is 5.41 Å². The summed E-state index contributed by atoms with van der Waals surface area (Å²) in [4.78, 5) is 3.74. The number of hydrogen-bond acceptors (Lipinski definition) is 6. The van der Waals surface area contributed by atoms with Gasteiger partial charge in [-0.25, -0.2) is 5.43 Å². The summed E-state index contributed by atoms with van der Waals surface area (Å²) in [6.45, 7) is 7.86. The molecule has 3 heterocycles. The maximum absolute atomic E-state index is 7.61. The van der Waals surface area contributed by atoms with Gasteiger partial charge in [0.25, 0.3) is 0 Å². The summed E-state index contributed by atoms with van der Waals surface area (Å²) in [5.41, 5.74) is 15.9. The summed E-state index contributed by atoms with van der Waals surface area (Å²) in [5, 5.41) is 10.8. The molecule has 1 unspecified atom stereocenters. The van der Waals surface area contributed by atoms with Gasteiger partial charge in [-0.05, 0) is 59.5 Å². The van der Waals surface area contributed by atoms with Crippen LogP contribution in [0.15, 0.2) is 72.0 Å². The lowest BCUT2D eigenvalue weighted by atomic mass is 9.96. The maximum Gasteiger partial charge on any atom is 0.0752 e. The Morgan fingerprint density at radius 3 is 2.72 bits per heavy atom. The highest BCUT2D eigenvalue weighted by Crippen LogP contribution is 2.41. The lowest BCUT2D eigenvalue weighted by molar-refractivity contribution is 0.172. The molecule has 0 amide bonds. The molecule has 3 aliphatic rings. The van der Waals surface area contributed by atoms with E-state index in [1.165, 1.54) is 52.9 Å². The van der Waals surface area contributed by atoms with Crippen molar-refractivity contribution < 1.29 is 0 Å². The average molecular weight is 444 g/mol. The first-order valence-electron chi connectivity index (χ1n) is 11.1. The summed E-state index contributed by atoms with van der Waals surface area (Å²) < 4.78 is 0. The van der Waals surface area contributed by atoms with Crippen LogP contribution in [0.3, 0.4) is 0 Å². The summed E-state index contributed by atoms with van der Waals surface area (Å²) in [6.07, 6.45) is 4.91. The van der Waals surface area contributed by atoms with E-state index in [9.17, 15) is 0 Å². The first-order chi connectivity index (χ1) is 15.7. The van der Waals surface area contributed by atoms with E-state index in [1.807, 2.05) is 24.9 Å². The van der Waals surface area contributed by atoms with Gasteiger partial charge in [0.2, 0.25) is 0 Å². The molecule has 0 aliphatic carbocycles. The number of anilines is 1. The Balaban J connectivity index is 1.34. The Morgan fingerprint density at radius 1 is 1.22 bits per heavy atom. The molecule has 0 saturated carbocycles. The number of benzene rings is 2. The molecule has 164 valence electrons. The van der Waals surface area contributed by atoms with Gasteiger partial charge in [0.15, 0.2) is 0 Å². The van der Waals surface area contributed by atoms with Gasteiger partial charge in [0.1, 0.15) is 0 Å². The van der Waals surface area contributed by atoms with Crippen molar-refractivity contribution in [3.8, 4) is 0 Å². The molecule has 1 fully saturated rings. The number of rotatable bonds is 6. The van der Waals surface area contributed by atoms with E-state index >= 15 is 0 Å². The second-order valence-corrected chi connectivity index (χ2v) is 9.51. The van der Waals surface area contributed by atoms with Gasteiger partial charge in [0.05, 0.1) is 11.7 Å². The highest BCUT2D eigenvalue weighted by molar-refractivity contribution is 8.08. The van der Waals surface area contributed by atoms with Gasteiger partial charge in [0, 0.05) is 41.7 Å². The van der Waals surface area contributed by atoms with Crippen molar-refractivity contribution in [2.45, 2.75) is 19.0 Å². The van der Waals surface area contributed by atoms with E-state index < -0.39 is 0 Å². The van der Waals surface area contributed by atoms with E-state index in [2.05, 4.69) is 70.1 Å². The Bertz CT molecular complexity index is 1110.